The predicted octanol–water partition coefficient (Wildman–Crippen LogP) is -0.214. The van der Waals surface area contributed by atoms with Crippen molar-refractivity contribution in [3.63, 3.8) is 0 Å². The van der Waals surface area contributed by atoms with E-state index in [-0.39, 0.29) is 0 Å². The summed E-state index contributed by atoms with van der Waals surface area (Å²) in [5.74, 6) is 0.995. The fourth-order valence-corrected chi connectivity index (χ4v) is 1.27. The van der Waals surface area contributed by atoms with Gasteiger partial charge in [-0.15, -0.1) is 10.2 Å². The van der Waals surface area contributed by atoms with Crippen LogP contribution in [-0.2, 0) is 17.8 Å². The van der Waals surface area contributed by atoms with Gasteiger partial charge in [-0.2, -0.15) is 0 Å². The van der Waals surface area contributed by atoms with Crippen molar-refractivity contribution in [2.45, 2.75) is 26.1 Å². The van der Waals surface area contributed by atoms with Crippen molar-refractivity contribution in [3.8, 4) is 0 Å². The number of hydrogen-bond donors (Lipinski definition) is 1. The molecule has 2 heterocycles. The van der Waals surface area contributed by atoms with Gasteiger partial charge in [-0.25, -0.2) is 0 Å². The molecule has 0 radical (unpaired) electrons. The summed E-state index contributed by atoms with van der Waals surface area (Å²) in [6.45, 7) is 5.42. The largest absolute Gasteiger partial charge is 0.378 e. The standard InChI is InChI=1S/C8H14N4O/c1-2-12-6-10-11-8(12)3-9-7-4-13-5-7/h6-7,9H,2-5H2,1H3. The van der Waals surface area contributed by atoms with Crippen molar-refractivity contribution >= 4 is 0 Å². The molecule has 0 unspecified atom stereocenters. The van der Waals surface area contributed by atoms with Crippen molar-refractivity contribution in [2.75, 3.05) is 13.2 Å². The Hall–Kier alpha value is -0.940. The third-order valence-corrected chi connectivity index (χ3v) is 2.22. The number of rotatable bonds is 4. The molecule has 1 aliphatic heterocycles. The van der Waals surface area contributed by atoms with Gasteiger partial charge in [-0.3, -0.25) is 0 Å². The molecule has 0 bridgehead atoms. The molecule has 5 heteroatoms. The van der Waals surface area contributed by atoms with Gasteiger partial charge in [0.05, 0.1) is 25.8 Å². The Labute approximate surface area is 77.1 Å². The quantitative estimate of drug-likeness (QED) is 0.700. The van der Waals surface area contributed by atoms with Gasteiger partial charge in [0.2, 0.25) is 0 Å². The molecule has 1 aliphatic rings. The van der Waals surface area contributed by atoms with Crippen LogP contribution in [0.25, 0.3) is 0 Å². The van der Waals surface area contributed by atoms with Crippen LogP contribution in [0, 0.1) is 0 Å². The normalized spacial score (nSPS) is 17.3. The SMILES string of the molecule is CCn1cnnc1CNC1COC1. The monoisotopic (exact) mass is 182 g/mol. The van der Waals surface area contributed by atoms with Gasteiger partial charge in [0, 0.05) is 6.54 Å². The van der Waals surface area contributed by atoms with Crippen LogP contribution in [0.3, 0.4) is 0 Å². The number of aromatic nitrogens is 3. The predicted molar refractivity (Wildman–Crippen MR) is 47.1 cm³/mol. The first kappa shape index (κ1) is 8.65. The fourth-order valence-electron chi connectivity index (χ4n) is 1.27. The van der Waals surface area contributed by atoms with Gasteiger partial charge in [0.1, 0.15) is 12.2 Å². The zero-order valence-corrected chi connectivity index (χ0v) is 7.73. The summed E-state index contributed by atoms with van der Waals surface area (Å²) in [4.78, 5) is 0. The van der Waals surface area contributed by atoms with Gasteiger partial charge < -0.3 is 14.6 Å². The molecule has 5 nitrogen and oxygen atoms in total. The number of aryl methyl sites for hydroxylation is 1. The third kappa shape index (κ3) is 1.87. The van der Waals surface area contributed by atoms with Gasteiger partial charge >= 0.3 is 0 Å². The Balaban J connectivity index is 1.85. The Kier molecular flexibility index (Phi) is 2.56. The zero-order chi connectivity index (χ0) is 9.10. The number of nitrogens with one attached hydrogen (secondary N) is 1. The van der Waals surface area contributed by atoms with E-state index in [1.807, 2.05) is 4.57 Å². The summed E-state index contributed by atoms with van der Waals surface area (Å²) in [5, 5.41) is 11.2. The lowest BCUT2D eigenvalue weighted by Gasteiger charge is -2.26. The fraction of sp³-hybridized carbons (Fsp3) is 0.750. The Morgan fingerprint density at radius 3 is 3.15 bits per heavy atom. The lowest BCUT2D eigenvalue weighted by Crippen LogP contribution is -2.45. The van der Waals surface area contributed by atoms with Crippen LogP contribution in [0.5, 0.6) is 0 Å². The van der Waals surface area contributed by atoms with Gasteiger partial charge in [-0.05, 0) is 6.92 Å². The second-order valence-electron chi connectivity index (χ2n) is 3.15. The van der Waals surface area contributed by atoms with E-state index < -0.39 is 0 Å². The van der Waals surface area contributed by atoms with Gasteiger partial charge in [-0.1, -0.05) is 0 Å². The molecule has 0 aliphatic carbocycles. The second kappa shape index (κ2) is 3.85. The minimum Gasteiger partial charge on any atom is -0.378 e. The summed E-state index contributed by atoms with van der Waals surface area (Å²) in [5.41, 5.74) is 0. The van der Waals surface area contributed by atoms with Crippen LogP contribution in [0.2, 0.25) is 0 Å². The maximum atomic E-state index is 5.06. The summed E-state index contributed by atoms with van der Waals surface area (Å²) < 4.78 is 7.09. The van der Waals surface area contributed by atoms with E-state index in [9.17, 15) is 0 Å². The van der Waals surface area contributed by atoms with Crippen LogP contribution in [0.1, 0.15) is 12.7 Å². The van der Waals surface area contributed by atoms with Crippen LogP contribution in [-0.4, -0.2) is 34.0 Å². The highest BCUT2D eigenvalue weighted by molar-refractivity contribution is 4.86. The van der Waals surface area contributed by atoms with Crippen LogP contribution in [0.4, 0.5) is 0 Å². The molecule has 2 rings (SSSR count). The lowest BCUT2D eigenvalue weighted by molar-refractivity contribution is -0.00615. The molecule has 0 amide bonds. The average Bonchev–Trinajstić information content (AvgIpc) is 2.49. The molecule has 0 aromatic carbocycles. The molecule has 13 heavy (non-hydrogen) atoms. The first-order valence-corrected chi connectivity index (χ1v) is 4.58. The Morgan fingerprint density at radius 2 is 2.54 bits per heavy atom. The molecule has 0 atom stereocenters. The molecular formula is C8H14N4O. The van der Waals surface area contributed by atoms with Crippen LogP contribution in [0.15, 0.2) is 6.33 Å². The van der Waals surface area contributed by atoms with E-state index in [2.05, 4.69) is 22.4 Å². The average molecular weight is 182 g/mol. The summed E-state index contributed by atoms with van der Waals surface area (Å²) in [6, 6.07) is 0.502. The molecular weight excluding hydrogens is 168 g/mol. The van der Waals surface area contributed by atoms with Crippen molar-refractivity contribution in [1.82, 2.24) is 20.1 Å². The van der Waals surface area contributed by atoms with E-state index in [4.69, 9.17) is 4.74 Å². The topological polar surface area (TPSA) is 52.0 Å². The molecule has 72 valence electrons. The van der Waals surface area contributed by atoms with Gasteiger partial charge in [0.25, 0.3) is 0 Å². The number of nitrogens with zero attached hydrogens (tertiary/aromatic N) is 3. The van der Waals surface area contributed by atoms with Crippen molar-refractivity contribution in [2.24, 2.45) is 0 Å². The Morgan fingerprint density at radius 1 is 1.69 bits per heavy atom. The van der Waals surface area contributed by atoms with Crippen LogP contribution >= 0.6 is 0 Å². The van der Waals surface area contributed by atoms with Gasteiger partial charge in [0.15, 0.2) is 0 Å². The van der Waals surface area contributed by atoms with E-state index in [0.29, 0.717) is 6.04 Å². The molecule has 1 aromatic rings. The minimum absolute atomic E-state index is 0.502. The highest BCUT2D eigenvalue weighted by Crippen LogP contribution is 2.01. The summed E-state index contributed by atoms with van der Waals surface area (Å²) >= 11 is 0. The highest BCUT2D eigenvalue weighted by atomic mass is 16.5. The molecule has 1 N–H and O–H groups in total. The molecule has 1 aromatic heterocycles. The summed E-state index contributed by atoms with van der Waals surface area (Å²) in [6.07, 6.45) is 1.76. The van der Waals surface area contributed by atoms with Crippen LogP contribution < -0.4 is 5.32 Å². The number of ether oxygens (including phenoxy) is 1. The van der Waals surface area contributed by atoms with E-state index in [1.54, 1.807) is 6.33 Å². The first-order chi connectivity index (χ1) is 6.40. The van der Waals surface area contributed by atoms with Crippen molar-refractivity contribution < 1.29 is 4.74 Å². The number of hydrogen-bond acceptors (Lipinski definition) is 4. The molecule has 0 spiro atoms. The zero-order valence-electron chi connectivity index (χ0n) is 7.73. The Bertz CT molecular complexity index is 269. The first-order valence-electron chi connectivity index (χ1n) is 4.58. The summed E-state index contributed by atoms with van der Waals surface area (Å²) in [7, 11) is 0. The molecule has 1 fully saturated rings. The minimum atomic E-state index is 0.502. The third-order valence-electron chi connectivity index (χ3n) is 2.22. The maximum Gasteiger partial charge on any atom is 0.146 e. The lowest BCUT2D eigenvalue weighted by atomic mass is 10.2. The second-order valence-corrected chi connectivity index (χ2v) is 3.15. The smallest absolute Gasteiger partial charge is 0.146 e. The molecule has 1 saturated heterocycles. The maximum absolute atomic E-state index is 5.06. The van der Waals surface area contributed by atoms with E-state index in [1.165, 1.54) is 0 Å². The van der Waals surface area contributed by atoms with Crippen molar-refractivity contribution in [3.05, 3.63) is 12.2 Å². The van der Waals surface area contributed by atoms with Crippen molar-refractivity contribution in [1.29, 1.82) is 0 Å². The van der Waals surface area contributed by atoms with E-state index >= 15 is 0 Å². The molecule has 0 saturated carbocycles. The van der Waals surface area contributed by atoms with E-state index in [0.717, 1.165) is 32.1 Å². The highest BCUT2D eigenvalue weighted by Gasteiger charge is 2.17.